The van der Waals surface area contributed by atoms with Gasteiger partial charge < -0.3 is 4.74 Å². The fourth-order valence-electron chi connectivity index (χ4n) is 2.23. The van der Waals surface area contributed by atoms with Crippen molar-refractivity contribution in [2.24, 2.45) is 0 Å². The summed E-state index contributed by atoms with van der Waals surface area (Å²) < 4.78 is 5.56. The highest BCUT2D eigenvalue weighted by Gasteiger charge is 2.12. The van der Waals surface area contributed by atoms with E-state index in [2.05, 4.69) is 40.1 Å². The third-order valence-corrected chi connectivity index (χ3v) is 3.28. The van der Waals surface area contributed by atoms with Crippen molar-refractivity contribution in [3.8, 4) is 5.88 Å². The number of nitrogens with zero attached hydrogens (tertiary/aromatic N) is 3. The van der Waals surface area contributed by atoms with Gasteiger partial charge in [0.2, 0.25) is 5.88 Å². The highest BCUT2D eigenvalue weighted by Crippen LogP contribution is 2.18. The van der Waals surface area contributed by atoms with E-state index in [1.165, 1.54) is 5.56 Å². The summed E-state index contributed by atoms with van der Waals surface area (Å²) in [6, 6.07) is 4.00. The lowest BCUT2D eigenvalue weighted by Gasteiger charge is -2.18. The van der Waals surface area contributed by atoms with Gasteiger partial charge in [-0.3, -0.25) is 10.00 Å². The molecule has 2 aromatic rings. The molecule has 0 unspecified atom stereocenters. The van der Waals surface area contributed by atoms with Crippen molar-refractivity contribution in [1.82, 2.24) is 20.1 Å². The van der Waals surface area contributed by atoms with Crippen molar-refractivity contribution >= 4 is 0 Å². The summed E-state index contributed by atoms with van der Waals surface area (Å²) in [6.45, 7) is 8.34. The highest BCUT2D eigenvalue weighted by atomic mass is 16.5. The Morgan fingerprint density at radius 1 is 1.30 bits per heavy atom. The lowest BCUT2D eigenvalue weighted by molar-refractivity contribution is 0.290. The fraction of sp³-hybridized carbons (Fsp3) is 0.467. The molecule has 2 rings (SSSR count). The van der Waals surface area contributed by atoms with Crippen molar-refractivity contribution in [2.45, 2.75) is 33.9 Å². The first-order valence-electron chi connectivity index (χ1n) is 6.87. The van der Waals surface area contributed by atoms with E-state index in [1.54, 1.807) is 6.20 Å². The standard InChI is InChI=1S/C15H22N4O/c1-5-20-15-13(7-6-8-16-15)9-19(4)10-14-11(2)17-18-12(14)3/h6-8H,5,9-10H2,1-4H3,(H,17,18). The maximum absolute atomic E-state index is 5.56. The van der Waals surface area contributed by atoms with Gasteiger partial charge in [-0.25, -0.2) is 4.98 Å². The van der Waals surface area contributed by atoms with Crippen LogP contribution in [0.2, 0.25) is 0 Å². The van der Waals surface area contributed by atoms with E-state index in [-0.39, 0.29) is 0 Å². The van der Waals surface area contributed by atoms with Crippen LogP contribution >= 0.6 is 0 Å². The van der Waals surface area contributed by atoms with Crippen LogP contribution in [0.1, 0.15) is 29.4 Å². The summed E-state index contributed by atoms with van der Waals surface area (Å²) in [4.78, 5) is 6.53. The van der Waals surface area contributed by atoms with Crippen LogP contribution in [-0.2, 0) is 13.1 Å². The van der Waals surface area contributed by atoms with Crippen molar-refractivity contribution in [3.63, 3.8) is 0 Å². The number of aryl methyl sites for hydroxylation is 2. The molecule has 5 heteroatoms. The van der Waals surface area contributed by atoms with Gasteiger partial charge in [0.1, 0.15) is 0 Å². The van der Waals surface area contributed by atoms with Crippen molar-refractivity contribution in [3.05, 3.63) is 40.8 Å². The molecular formula is C15H22N4O. The Labute approximate surface area is 120 Å². The molecule has 0 aliphatic rings. The average molecular weight is 274 g/mol. The van der Waals surface area contributed by atoms with Crippen LogP contribution in [0.5, 0.6) is 5.88 Å². The van der Waals surface area contributed by atoms with Gasteiger partial charge in [-0.05, 0) is 33.9 Å². The number of rotatable bonds is 6. The SMILES string of the molecule is CCOc1ncccc1CN(C)Cc1c(C)n[nH]c1C. The highest BCUT2D eigenvalue weighted by molar-refractivity contribution is 5.26. The second-order valence-corrected chi connectivity index (χ2v) is 4.99. The number of aromatic amines is 1. The van der Waals surface area contributed by atoms with Crippen LogP contribution in [0.4, 0.5) is 0 Å². The number of pyridine rings is 1. The maximum Gasteiger partial charge on any atom is 0.217 e. The number of hydrogen-bond acceptors (Lipinski definition) is 4. The number of nitrogens with one attached hydrogen (secondary N) is 1. The zero-order valence-corrected chi connectivity index (χ0v) is 12.6. The number of H-pyrrole nitrogens is 1. The van der Waals surface area contributed by atoms with Crippen molar-refractivity contribution < 1.29 is 4.74 Å². The molecule has 108 valence electrons. The second kappa shape index (κ2) is 6.52. The van der Waals surface area contributed by atoms with E-state index in [1.807, 2.05) is 19.9 Å². The van der Waals surface area contributed by atoms with Gasteiger partial charge in [0, 0.05) is 36.1 Å². The summed E-state index contributed by atoms with van der Waals surface area (Å²) in [6.07, 6.45) is 1.76. The summed E-state index contributed by atoms with van der Waals surface area (Å²) in [5.41, 5.74) is 4.56. The second-order valence-electron chi connectivity index (χ2n) is 4.99. The van der Waals surface area contributed by atoms with Crippen LogP contribution in [0.25, 0.3) is 0 Å². The normalized spacial score (nSPS) is 11.1. The smallest absolute Gasteiger partial charge is 0.217 e. The van der Waals surface area contributed by atoms with Gasteiger partial charge in [-0.15, -0.1) is 0 Å². The van der Waals surface area contributed by atoms with E-state index in [9.17, 15) is 0 Å². The van der Waals surface area contributed by atoms with Crippen LogP contribution in [-0.4, -0.2) is 33.7 Å². The quantitative estimate of drug-likeness (QED) is 0.879. The molecule has 0 radical (unpaired) electrons. The fourth-order valence-corrected chi connectivity index (χ4v) is 2.23. The Hall–Kier alpha value is -1.88. The van der Waals surface area contributed by atoms with Crippen LogP contribution in [0, 0.1) is 13.8 Å². The molecule has 0 aliphatic heterocycles. The third kappa shape index (κ3) is 3.36. The summed E-state index contributed by atoms with van der Waals surface area (Å²) >= 11 is 0. The molecule has 2 heterocycles. The minimum absolute atomic E-state index is 0.633. The van der Waals surface area contributed by atoms with Gasteiger partial charge in [-0.1, -0.05) is 6.07 Å². The Morgan fingerprint density at radius 3 is 2.75 bits per heavy atom. The number of hydrogen-bond donors (Lipinski definition) is 1. The summed E-state index contributed by atoms with van der Waals surface area (Å²) in [5, 5.41) is 7.26. The monoisotopic (exact) mass is 274 g/mol. The molecular weight excluding hydrogens is 252 g/mol. The molecule has 0 saturated heterocycles. The molecule has 2 aromatic heterocycles. The Kier molecular flexibility index (Phi) is 4.74. The molecule has 5 nitrogen and oxygen atoms in total. The zero-order valence-electron chi connectivity index (χ0n) is 12.6. The molecule has 0 saturated carbocycles. The van der Waals surface area contributed by atoms with Gasteiger partial charge in [0.25, 0.3) is 0 Å². The predicted octanol–water partition coefficient (Wildman–Crippen LogP) is 2.45. The topological polar surface area (TPSA) is 54.0 Å². The molecule has 0 bridgehead atoms. The predicted molar refractivity (Wildman–Crippen MR) is 78.6 cm³/mol. The Balaban J connectivity index is 2.06. The van der Waals surface area contributed by atoms with Gasteiger partial charge in [0.05, 0.1) is 12.3 Å². The third-order valence-electron chi connectivity index (χ3n) is 3.28. The molecule has 0 aromatic carbocycles. The lowest BCUT2D eigenvalue weighted by atomic mass is 10.2. The largest absolute Gasteiger partial charge is 0.478 e. The van der Waals surface area contributed by atoms with Crippen molar-refractivity contribution in [1.29, 1.82) is 0 Å². The first-order chi connectivity index (χ1) is 9.61. The Bertz CT molecular complexity index is 545. The average Bonchev–Trinajstić information content (AvgIpc) is 2.73. The van der Waals surface area contributed by atoms with Crippen LogP contribution in [0.15, 0.2) is 18.3 Å². The van der Waals surface area contributed by atoms with E-state index in [0.29, 0.717) is 6.61 Å². The van der Waals surface area contributed by atoms with Gasteiger partial charge in [0.15, 0.2) is 0 Å². The van der Waals surface area contributed by atoms with E-state index >= 15 is 0 Å². The van der Waals surface area contributed by atoms with Crippen LogP contribution < -0.4 is 4.74 Å². The number of aromatic nitrogens is 3. The molecule has 0 fully saturated rings. The number of ether oxygens (including phenoxy) is 1. The van der Waals surface area contributed by atoms with Crippen molar-refractivity contribution in [2.75, 3.05) is 13.7 Å². The minimum Gasteiger partial charge on any atom is -0.478 e. The molecule has 0 amide bonds. The van der Waals surface area contributed by atoms with E-state index < -0.39 is 0 Å². The summed E-state index contributed by atoms with van der Waals surface area (Å²) in [5.74, 6) is 0.725. The lowest BCUT2D eigenvalue weighted by Crippen LogP contribution is -2.19. The van der Waals surface area contributed by atoms with Gasteiger partial charge in [-0.2, -0.15) is 5.10 Å². The first kappa shape index (κ1) is 14.5. The molecule has 0 atom stereocenters. The first-order valence-corrected chi connectivity index (χ1v) is 6.87. The molecule has 0 aliphatic carbocycles. The molecule has 20 heavy (non-hydrogen) atoms. The minimum atomic E-state index is 0.633. The molecule has 1 N–H and O–H groups in total. The Morgan fingerprint density at radius 2 is 2.10 bits per heavy atom. The van der Waals surface area contributed by atoms with E-state index in [0.717, 1.165) is 35.9 Å². The summed E-state index contributed by atoms with van der Waals surface area (Å²) in [7, 11) is 2.09. The van der Waals surface area contributed by atoms with Gasteiger partial charge >= 0.3 is 0 Å². The maximum atomic E-state index is 5.56. The van der Waals surface area contributed by atoms with E-state index in [4.69, 9.17) is 4.74 Å². The zero-order chi connectivity index (χ0) is 14.5. The van der Waals surface area contributed by atoms with Crippen LogP contribution in [0.3, 0.4) is 0 Å². The molecule has 0 spiro atoms.